The molecule has 0 aliphatic carbocycles. The Morgan fingerprint density at radius 1 is 1.26 bits per heavy atom. The standard InChI is InChI=1S/C17H15FN2O3/c1-11-10-12(6-7-13(11)18)16(21)19-14-4-2-3-5-15(14)20-8-9-23-17(20)22/h2-7,10H,8-9H2,1H3,(H,19,21). The van der Waals surface area contributed by atoms with Crippen LogP contribution in [-0.2, 0) is 4.74 Å². The van der Waals surface area contributed by atoms with Gasteiger partial charge in [0.1, 0.15) is 12.4 Å². The number of amides is 2. The monoisotopic (exact) mass is 314 g/mol. The molecule has 0 unspecified atom stereocenters. The van der Waals surface area contributed by atoms with Crippen LogP contribution in [0.1, 0.15) is 15.9 Å². The van der Waals surface area contributed by atoms with E-state index in [0.717, 1.165) is 0 Å². The average molecular weight is 314 g/mol. The molecule has 0 aromatic heterocycles. The molecule has 1 fully saturated rings. The summed E-state index contributed by atoms with van der Waals surface area (Å²) in [6, 6.07) is 11.1. The van der Waals surface area contributed by atoms with E-state index in [0.29, 0.717) is 35.7 Å². The van der Waals surface area contributed by atoms with Crippen LogP contribution in [-0.4, -0.2) is 25.2 Å². The van der Waals surface area contributed by atoms with E-state index in [-0.39, 0.29) is 11.7 Å². The fourth-order valence-corrected chi connectivity index (χ4v) is 2.41. The zero-order valence-corrected chi connectivity index (χ0v) is 12.5. The lowest BCUT2D eigenvalue weighted by Gasteiger charge is -2.17. The lowest BCUT2D eigenvalue weighted by molar-refractivity contribution is 0.102. The molecule has 2 aromatic rings. The number of nitrogens with zero attached hydrogens (tertiary/aromatic N) is 1. The number of carbonyl (C=O) groups is 2. The number of aryl methyl sites for hydroxylation is 1. The van der Waals surface area contributed by atoms with Gasteiger partial charge in [-0.15, -0.1) is 0 Å². The third-order valence-electron chi connectivity index (χ3n) is 3.62. The van der Waals surface area contributed by atoms with Crippen molar-refractivity contribution in [2.75, 3.05) is 23.4 Å². The minimum absolute atomic E-state index is 0.318. The molecule has 1 saturated heterocycles. The molecular weight excluding hydrogens is 299 g/mol. The molecule has 1 N–H and O–H groups in total. The summed E-state index contributed by atoms with van der Waals surface area (Å²) in [7, 11) is 0. The number of anilines is 2. The topological polar surface area (TPSA) is 58.6 Å². The van der Waals surface area contributed by atoms with Crippen molar-refractivity contribution in [3.05, 3.63) is 59.4 Å². The van der Waals surface area contributed by atoms with Gasteiger partial charge >= 0.3 is 6.09 Å². The number of halogens is 1. The van der Waals surface area contributed by atoms with E-state index in [9.17, 15) is 14.0 Å². The SMILES string of the molecule is Cc1cc(C(=O)Nc2ccccc2N2CCOC2=O)ccc1F. The molecule has 1 aliphatic rings. The second-order valence-corrected chi connectivity index (χ2v) is 5.20. The lowest BCUT2D eigenvalue weighted by atomic mass is 10.1. The summed E-state index contributed by atoms with van der Waals surface area (Å²) in [4.78, 5) is 25.5. The smallest absolute Gasteiger partial charge is 0.414 e. The van der Waals surface area contributed by atoms with Gasteiger partial charge in [0, 0.05) is 5.56 Å². The van der Waals surface area contributed by atoms with Crippen molar-refractivity contribution in [1.29, 1.82) is 0 Å². The Hall–Kier alpha value is -2.89. The van der Waals surface area contributed by atoms with Crippen molar-refractivity contribution in [3.63, 3.8) is 0 Å². The van der Waals surface area contributed by atoms with Gasteiger partial charge < -0.3 is 10.1 Å². The quantitative estimate of drug-likeness (QED) is 0.945. The van der Waals surface area contributed by atoms with Crippen molar-refractivity contribution in [2.45, 2.75) is 6.92 Å². The molecular formula is C17H15FN2O3. The molecule has 118 valence electrons. The molecule has 5 nitrogen and oxygen atoms in total. The molecule has 0 spiro atoms. The number of benzene rings is 2. The molecule has 2 amide bonds. The molecule has 0 radical (unpaired) electrons. The predicted molar refractivity (Wildman–Crippen MR) is 84.2 cm³/mol. The summed E-state index contributed by atoms with van der Waals surface area (Å²) in [5.41, 5.74) is 1.82. The number of para-hydroxylation sites is 2. The molecule has 2 aromatic carbocycles. The molecule has 0 saturated carbocycles. The fourth-order valence-electron chi connectivity index (χ4n) is 2.41. The third-order valence-corrected chi connectivity index (χ3v) is 3.62. The second kappa shape index (κ2) is 6.08. The van der Waals surface area contributed by atoms with Gasteiger partial charge in [-0.1, -0.05) is 12.1 Å². The molecule has 0 atom stereocenters. The van der Waals surface area contributed by atoms with Crippen LogP contribution < -0.4 is 10.2 Å². The maximum atomic E-state index is 13.3. The van der Waals surface area contributed by atoms with Crippen LogP contribution in [0.5, 0.6) is 0 Å². The molecule has 3 rings (SSSR count). The summed E-state index contributed by atoms with van der Waals surface area (Å²) < 4.78 is 18.2. The highest BCUT2D eigenvalue weighted by Crippen LogP contribution is 2.28. The Labute approximate surface area is 132 Å². The summed E-state index contributed by atoms with van der Waals surface area (Å²) in [5, 5.41) is 2.76. The Morgan fingerprint density at radius 2 is 2.04 bits per heavy atom. The number of carbonyl (C=O) groups excluding carboxylic acids is 2. The van der Waals surface area contributed by atoms with Gasteiger partial charge in [-0.05, 0) is 42.8 Å². The number of ether oxygens (including phenoxy) is 1. The van der Waals surface area contributed by atoms with Gasteiger partial charge in [0.15, 0.2) is 0 Å². The molecule has 1 heterocycles. The normalized spacial score (nSPS) is 13.8. The number of hydrogen-bond donors (Lipinski definition) is 1. The number of rotatable bonds is 3. The predicted octanol–water partition coefficient (Wildman–Crippen LogP) is 3.34. The number of hydrogen-bond acceptors (Lipinski definition) is 3. The van der Waals surface area contributed by atoms with Gasteiger partial charge in [-0.25, -0.2) is 9.18 Å². The van der Waals surface area contributed by atoms with Gasteiger partial charge in [0.25, 0.3) is 5.91 Å². The van der Waals surface area contributed by atoms with Gasteiger partial charge in [-0.2, -0.15) is 0 Å². The maximum Gasteiger partial charge on any atom is 0.414 e. The first kappa shape index (κ1) is 15.0. The van der Waals surface area contributed by atoms with Gasteiger partial charge in [0.2, 0.25) is 0 Å². The highest BCUT2D eigenvalue weighted by molar-refractivity contribution is 6.07. The zero-order chi connectivity index (χ0) is 16.4. The third kappa shape index (κ3) is 3.01. The van der Waals surface area contributed by atoms with Crippen LogP contribution in [0.2, 0.25) is 0 Å². The van der Waals surface area contributed by atoms with E-state index < -0.39 is 6.09 Å². The minimum atomic E-state index is -0.440. The summed E-state index contributed by atoms with van der Waals surface area (Å²) in [6.45, 7) is 2.35. The Balaban J connectivity index is 1.86. The van der Waals surface area contributed by atoms with Crippen molar-refractivity contribution >= 4 is 23.4 Å². The molecule has 0 bridgehead atoms. The summed E-state index contributed by atoms with van der Waals surface area (Å²) >= 11 is 0. The molecule has 6 heteroatoms. The first-order chi connectivity index (χ1) is 11.1. The zero-order valence-electron chi connectivity index (χ0n) is 12.5. The van der Waals surface area contributed by atoms with Crippen LogP contribution in [0.15, 0.2) is 42.5 Å². The lowest BCUT2D eigenvalue weighted by Crippen LogP contribution is -2.25. The average Bonchev–Trinajstić information content (AvgIpc) is 2.96. The van der Waals surface area contributed by atoms with Crippen LogP contribution in [0.25, 0.3) is 0 Å². The Morgan fingerprint density at radius 3 is 2.74 bits per heavy atom. The van der Waals surface area contributed by atoms with E-state index >= 15 is 0 Å². The van der Waals surface area contributed by atoms with Crippen LogP contribution in [0.4, 0.5) is 20.6 Å². The first-order valence-electron chi connectivity index (χ1n) is 7.17. The first-order valence-corrected chi connectivity index (χ1v) is 7.17. The number of cyclic esters (lactones) is 1. The van der Waals surface area contributed by atoms with Crippen molar-refractivity contribution in [3.8, 4) is 0 Å². The van der Waals surface area contributed by atoms with Crippen molar-refractivity contribution in [1.82, 2.24) is 0 Å². The summed E-state index contributed by atoms with van der Waals surface area (Å²) in [5.74, 6) is -0.727. The Kier molecular flexibility index (Phi) is 3.97. The molecule has 1 aliphatic heterocycles. The van der Waals surface area contributed by atoms with E-state index in [1.54, 1.807) is 31.2 Å². The second-order valence-electron chi connectivity index (χ2n) is 5.20. The van der Waals surface area contributed by atoms with Crippen LogP contribution in [0, 0.1) is 12.7 Å². The molecule has 23 heavy (non-hydrogen) atoms. The fraction of sp³-hybridized carbons (Fsp3) is 0.176. The van der Waals surface area contributed by atoms with E-state index in [1.807, 2.05) is 0 Å². The van der Waals surface area contributed by atoms with Gasteiger partial charge in [-0.3, -0.25) is 9.69 Å². The van der Waals surface area contributed by atoms with Crippen molar-refractivity contribution < 1.29 is 18.7 Å². The Bertz CT molecular complexity index is 776. The highest BCUT2D eigenvalue weighted by atomic mass is 19.1. The van der Waals surface area contributed by atoms with Crippen LogP contribution in [0.3, 0.4) is 0 Å². The van der Waals surface area contributed by atoms with E-state index in [2.05, 4.69) is 5.32 Å². The number of nitrogens with one attached hydrogen (secondary N) is 1. The van der Waals surface area contributed by atoms with Gasteiger partial charge in [0.05, 0.1) is 17.9 Å². The summed E-state index contributed by atoms with van der Waals surface area (Å²) in [6.07, 6.45) is -0.440. The minimum Gasteiger partial charge on any atom is -0.447 e. The maximum absolute atomic E-state index is 13.3. The van der Waals surface area contributed by atoms with E-state index in [1.165, 1.54) is 23.1 Å². The largest absolute Gasteiger partial charge is 0.447 e. The van der Waals surface area contributed by atoms with Crippen LogP contribution >= 0.6 is 0 Å². The van der Waals surface area contributed by atoms with Crippen molar-refractivity contribution in [2.24, 2.45) is 0 Å². The highest BCUT2D eigenvalue weighted by Gasteiger charge is 2.26. The van der Waals surface area contributed by atoms with E-state index in [4.69, 9.17) is 4.74 Å².